The molecule has 0 unspecified atom stereocenters. The molecule has 0 spiro atoms. The Morgan fingerprint density at radius 1 is 1.19 bits per heavy atom. The predicted octanol–water partition coefficient (Wildman–Crippen LogP) is 3.75. The molecule has 1 N–H and O–H groups in total. The Labute approximate surface area is 127 Å². The fraction of sp³-hybridized carbons (Fsp3) is 0.471. The molecule has 0 bridgehead atoms. The maximum atomic E-state index is 5.19. The normalized spacial score (nSPS) is 11.1. The molecule has 1 aromatic carbocycles. The van der Waals surface area contributed by atoms with E-state index in [1.165, 1.54) is 5.56 Å². The van der Waals surface area contributed by atoms with Gasteiger partial charge in [0, 0.05) is 24.3 Å². The molecule has 4 heteroatoms. The zero-order valence-corrected chi connectivity index (χ0v) is 13.4. The molecule has 0 radical (unpaired) electrons. The number of aryl methyl sites for hydroxylation is 2. The van der Waals surface area contributed by atoms with E-state index in [4.69, 9.17) is 4.52 Å². The summed E-state index contributed by atoms with van der Waals surface area (Å²) in [6, 6.07) is 8.61. The first-order chi connectivity index (χ1) is 10.1. The first-order valence-corrected chi connectivity index (χ1v) is 7.61. The largest absolute Gasteiger partial charge is 0.381 e. The molecule has 0 fully saturated rings. The Balaban J connectivity index is 2.01. The van der Waals surface area contributed by atoms with E-state index < -0.39 is 0 Å². The summed E-state index contributed by atoms with van der Waals surface area (Å²) in [7, 11) is 0. The molecule has 1 aromatic heterocycles. The van der Waals surface area contributed by atoms with Crippen LogP contribution in [0.1, 0.15) is 36.4 Å². The third-order valence-corrected chi connectivity index (χ3v) is 3.88. The minimum atomic E-state index is 0.746. The first-order valence-electron chi connectivity index (χ1n) is 7.61. The van der Waals surface area contributed by atoms with Crippen LogP contribution < -0.4 is 5.32 Å². The fourth-order valence-electron chi connectivity index (χ4n) is 2.43. The predicted molar refractivity (Wildman–Crippen MR) is 86.4 cm³/mol. The number of nitrogens with zero attached hydrogens (tertiary/aromatic N) is 2. The van der Waals surface area contributed by atoms with Crippen LogP contribution in [0.3, 0.4) is 0 Å². The lowest BCUT2D eigenvalue weighted by Crippen LogP contribution is -2.22. The van der Waals surface area contributed by atoms with Crippen molar-refractivity contribution in [3.8, 4) is 0 Å². The van der Waals surface area contributed by atoms with Crippen LogP contribution in [0, 0.1) is 13.8 Å². The molecule has 0 aliphatic carbocycles. The van der Waals surface area contributed by atoms with Gasteiger partial charge in [-0.05, 0) is 44.6 Å². The summed E-state index contributed by atoms with van der Waals surface area (Å²) >= 11 is 0. The summed E-state index contributed by atoms with van der Waals surface area (Å²) in [6.07, 6.45) is 0. The van der Waals surface area contributed by atoms with Gasteiger partial charge in [-0.25, -0.2) is 0 Å². The Morgan fingerprint density at radius 3 is 2.57 bits per heavy atom. The number of nitrogens with one attached hydrogen (secondary N) is 1. The molecule has 1 heterocycles. The Hall–Kier alpha value is -1.81. The number of aromatic nitrogens is 1. The molecule has 0 saturated carbocycles. The quantitative estimate of drug-likeness (QED) is 0.842. The van der Waals surface area contributed by atoms with Gasteiger partial charge in [-0.2, -0.15) is 0 Å². The summed E-state index contributed by atoms with van der Waals surface area (Å²) in [6.45, 7) is 12.2. The Bertz CT molecular complexity index is 554. The second-order valence-corrected chi connectivity index (χ2v) is 5.32. The van der Waals surface area contributed by atoms with Crippen molar-refractivity contribution in [2.75, 3.05) is 18.4 Å². The van der Waals surface area contributed by atoms with Gasteiger partial charge in [0.25, 0.3) is 0 Å². The lowest BCUT2D eigenvalue weighted by molar-refractivity contribution is 0.296. The third kappa shape index (κ3) is 4.08. The van der Waals surface area contributed by atoms with E-state index in [0.29, 0.717) is 0 Å². The maximum Gasteiger partial charge on any atom is 0.138 e. The zero-order chi connectivity index (χ0) is 15.2. The summed E-state index contributed by atoms with van der Waals surface area (Å²) in [4.78, 5) is 2.41. The highest BCUT2D eigenvalue weighted by molar-refractivity contribution is 5.46. The van der Waals surface area contributed by atoms with Crippen LogP contribution in [0.4, 0.5) is 5.69 Å². The van der Waals surface area contributed by atoms with Gasteiger partial charge < -0.3 is 9.84 Å². The molecular formula is C17H25N3O. The van der Waals surface area contributed by atoms with E-state index in [-0.39, 0.29) is 0 Å². The van der Waals surface area contributed by atoms with Gasteiger partial charge in [0.1, 0.15) is 5.76 Å². The van der Waals surface area contributed by atoms with Crippen molar-refractivity contribution in [2.45, 2.75) is 40.8 Å². The van der Waals surface area contributed by atoms with Gasteiger partial charge in [0.05, 0.1) is 5.69 Å². The van der Waals surface area contributed by atoms with Crippen LogP contribution in [0.15, 0.2) is 28.8 Å². The summed E-state index contributed by atoms with van der Waals surface area (Å²) in [5.74, 6) is 0.888. The van der Waals surface area contributed by atoms with Gasteiger partial charge in [0.15, 0.2) is 0 Å². The lowest BCUT2D eigenvalue weighted by Gasteiger charge is -2.18. The molecule has 0 atom stereocenters. The molecule has 21 heavy (non-hydrogen) atoms. The van der Waals surface area contributed by atoms with Crippen LogP contribution in [0.25, 0.3) is 0 Å². The van der Waals surface area contributed by atoms with Crippen LogP contribution >= 0.6 is 0 Å². The third-order valence-electron chi connectivity index (χ3n) is 3.88. The van der Waals surface area contributed by atoms with Crippen molar-refractivity contribution in [3.63, 3.8) is 0 Å². The van der Waals surface area contributed by atoms with Gasteiger partial charge in [0.2, 0.25) is 0 Å². The number of hydrogen-bond acceptors (Lipinski definition) is 4. The molecule has 2 rings (SSSR count). The number of rotatable bonds is 7. The van der Waals surface area contributed by atoms with E-state index in [2.05, 4.69) is 53.5 Å². The molecule has 4 nitrogen and oxygen atoms in total. The van der Waals surface area contributed by atoms with E-state index in [9.17, 15) is 0 Å². The van der Waals surface area contributed by atoms with Crippen LogP contribution in [-0.2, 0) is 13.1 Å². The van der Waals surface area contributed by atoms with E-state index in [1.54, 1.807) is 0 Å². The van der Waals surface area contributed by atoms with Gasteiger partial charge in [-0.15, -0.1) is 0 Å². The summed E-state index contributed by atoms with van der Waals surface area (Å²) < 4.78 is 5.19. The van der Waals surface area contributed by atoms with E-state index in [0.717, 1.165) is 48.9 Å². The molecule has 0 aliphatic rings. The molecule has 0 amide bonds. The van der Waals surface area contributed by atoms with Gasteiger partial charge in [-0.3, -0.25) is 4.90 Å². The molecule has 0 aliphatic heterocycles. The number of anilines is 1. The monoisotopic (exact) mass is 287 g/mol. The average molecular weight is 287 g/mol. The minimum Gasteiger partial charge on any atom is -0.381 e. The van der Waals surface area contributed by atoms with Crippen molar-refractivity contribution in [1.29, 1.82) is 0 Å². The lowest BCUT2D eigenvalue weighted by atomic mass is 10.1. The van der Waals surface area contributed by atoms with Crippen LogP contribution in [0.5, 0.6) is 0 Å². The highest BCUT2D eigenvalue weighted by Crippen LogP contribution is 2.17. The molecule has 114 valence electrons. The minimum absolute atomic E-state index is 0.746. The van der Waals surface area contributed by atoms with Crippen molar-refractivity contribution in [1.82, 2.24) is 10.1 Å². The fourth-order valence-corrected chi connectivity index (χ4v) is 2.43. The summed E-state index contributed by atoms with van der Waals surface area (Å²) in [5.41, 5.74) is 4.57. The number of hydrogen-bond donors (Lipinski definition) is 1. The SMILES string of the molecule is CCN(CC)Cc1cccc(NCc2c(C)noc2C)c1. The number of benzene rings is 1. The Morgan fingerprint density at radius 2 is 1.95 bits per heavy atom. The smallest absolute Gasteiger partial charge is 0.138 e. The Kier molecular flexibility index (Phi) is 5.39. The standard InChI is InChI=1S/C17H25N3O/c1-5-20(6-2)12-15-8-7-9-16(10-15)18-11-17-13(3)19-21-14(17)4/h7-10,18H,5-6,11-12H2,1-4H3. The highest BCUT2D eigenvalue weighted by atomic mass is 16.5. The van der Waals surface area contributed by atoms with Crippen molar-refractivity contribution >= 4 is 5.69 Å². The van der Waals surface area contributed by atoms with Gasteiger partial charge >= 0.3 is 0 Å². The second-order valence-electron chi connectivity index (χ2n) is 5.32. The topological polar surface area (TPSA) is 41.3 Å². The van der Waals surface area contributed by atoms with E-state index >= 15 is 0 Å². The van der Waals surface area contributed by atoms with Crippen molar-refractivity contribution in [3.05, 3.63) is 46.8 Å². The second kappa shape index (κ2) is 7.27. The van der Waals surface area contributed by atoms with Crippen LogP contribution in [0.2, 0.25) is 0 Å². The molecular weight excluding hydrogens is 262 g/mol. The first kappa shape index (κ1) is 15.6. The molecule has 0 saturated heterocycles. The molecule has 2 aromatic rings. The zero-order valence-electron chi connectivity index (χ0n) is 13.4. The average Bonchev–Trinajstić information content (AvgIpc) is 2.82. The van der Waals surface area contributed by atoms with Crippen molar-refractivity contribution < 1.29 is 4.52 Å². The highest BCUT2D eigenvalue weighted by Gasteiger charge is 2.08. The van der Waals surface area contributed by atoms with Crippen molar-refractivity contribution in [2.24, 2.45) is 0 Å². The van der Waals surface area contributed by atoms with E-state index in [1.807, 2.05) is 13.8 Å². The maximum absolute atomic E-state index is 5.19. The van der Waals surface area contributed by atoms with Crippen LogP contribution in [-0.4, -0.2) is 23.1 Å². The summed E-state index contributed by atoms with van der Waals surface area (Å²) in [5, 5.41) is 7.45. The van der Waals surface area contributed by atoms with Gasteiger partial charge in [-0.1, -0.05) is 31.1 Å².